The molecule has 1 aliphatic heterocycles. The molecule has 0 radical (unpaired) electrons. The Hall–Kier alpha value is -2.57. The highest BCUT2D eigenvalue weighted by Crippen LogP contribution is 2.27. The molecular weight excluding hydrogens is 376 g/mol. The van der Waals surface area contributed by atoms with Crippen molar-refractivity contribution >= 4 is 17.5 Å². The zero-order valence-corrected chi connectivity index (χ0v) is 16.5. The minimum absolute atomic E-state index is 0.0679. The Bertz CT molecular complexity index is 965. The summed E-state index contributed by atoms with van der Waals surface area (Å²) in [6.07, 6.45) is 3.61. The average Bonchev–Trinajstić information content (AvgIpc) is 3.37. The van der Waals surface area contributed by atoms with Crippen LogP contribution in [-0.2, 0) is 0 Å². The number of piperidine rings is 1. The lowest BCUT2D eigenvalue weighted by Gasteiger charge is -2.34. The first kappa shape index (κ1) is 18.8. The lowest BCUT2D eigenvalue weighted by molar-refractivity contribution is 0.0654. The number of nitrogens with two attached hydrogens (primary N) is 1. The van der Waals surface area contributed by atoms with Crippen molar-refractivity contribution in [1.82, 2.24) is 14.7 Å². The molecule has 1 aliphatic rings. The van der Waals surface area contributed by atoms with Crippen LogP contribution in [0.3, 0.4) is 0 Å². The van der Waals surface area contributed by atoms with Gasteiger partial charge in [0.1, 0.15) is 5.69 Å². The van der Waals surface area contributed by atoms with Gasteiger partial charge in [0.05, 0.1) is 12.0 Å². The molecule has 0 aliphatic carbocycles. The number of furan rings is 1. The van der Waals surface area contributed by atoms with Gasteiger partial charge < -0.3 is 15.1 Å². The molecule has 3 heterocycles. The molecule has 1 saturated heterocycles. The second kappa shape index (κ2) is 7.81. The van der Waals surface area contributed by atoms with Crippen LogP contribution in [0.1, 0.15) is 30.3 Å². The molecule has 2 unspecified atom stereocenters. The third-order valence-electron chi connectivity index (χ3n) is 5.24. The number of rotatable bonds is 4. The Morgan fingerprint density at radius 2 is 2.18 bits per heavy atom. The van der Waals surface area contributed by atoms with Crippen LogP contribution < -0.4 is 5.73 Å². The Kier molecular flexibility index (Phi) is 5.24. The number of aromatic nitrogens is 2. The smallest absolute Gasteiger partial charge is 0.274 e. The SMILES string of the molecule is CC(N)C1CCCN(C(=O)c2cc(-c3ccco3)n(-c3cccc(Cl)c3)n2)C1. The number of amides is 1. The number of carbonyl (C=O) groups is 1. The van der Waals surface area contributed by atoms with E-state index in [9.17, 15) is 4.79 Å². The number of carbonyl (C=O) groups excluding carboxylic acids is 1. The van der Waals surface area contributed by atoms with Gasteiger partial charge in [-0.3, -0.25) is 4.79 Å². The predicted molar refractivity (Wildman–Crippen MR) is 109 cm³/mol. The summed E-state index contributed by atoms with van der Waals surface area (Å²) in [5.41, 5.74) is 7.93. The van der Waals surface area contributed by atoms with Crippen molar-refractivity contribution < 1.29 is 9.21 Å². The summed E-state index contributed by atoms with van der Waals surface area (Å²) in [7, 11) is 0. The van der Waals surface area contributed by atoms with Crippen molar-refractivity contribution in [3.05, 3.63) is 59.4 Å². The third-order valence-corrected chi connectivity index (χ3v) is 5.48. The maximum Gasteiger partial charge on any atom is 0.274 e. The van der Waals surface area contributed by atoms with Gasteiger partial charge in [0.15, 0.2) is 11.5 Å². The summed E-state index contributed by atoms with van der Waals surface area (Å²) in [5, 5.41) is 5.20. The fourth-order valence-electron chi connectivity index (χ4n) is 3.68. The number of halogens is 1. The topological polar surface area (TPSA) is 77.3 Å². The van der Waals surface area contributed by atoms with E-state index in [1.807, 2.05) is 42.2 Å². The van der Waals surface area contributed by atoms with Gasteiger partial charge in [-0.25, -0.2) is 4.68 Å². The van der Waals surface area contributed by atoms with Gasteiger partial charge in [0, 0.05) is 30.2 Å². The van der Waals surface area contributed by atoms with E-state index in [2.05, 4.69) is 5.10 Å². The van der Waals surface area contributed by atoms with Crippen molar-refractivity contribution in [3.8, 4) is 17.1 Å². The van der Waals surface area contributed by atoms with Crippen molar-refractivity contribution in [2.45, 2.75) is 25.8 Å². The average molecular weight is 399 g/mol. The molecule has 146 valence electrons. The van der Waals surface area contributed by atoms with Crippen LogP contribution in [0.4, 0.5) is 0 Å². The number of nitrogens with zero attached hydrogens (tertiary/aromatic N) is 3. The minimum Gasteiger partial charge on any atom is -0.463 e. The number of hydrogen-bond acceptors (Lipinski definition) is 4. The first-order chi connectivity index (χ1) is 13.5. The molecule has 2 aromatic heterocycles. The Morgan fingerprint density at radius 1 is 1.32 bits per heavy atom. The van der Waals surface area contributed by atoms with Crippen LogP contribution in [0.25, 0.3) is 17.1 Å². The van der Waals surface area contributed by atoms with Crippen molar-refractivity contribution in [2.24, 2.45) is 11.7 Å². The van der Waals surface area contributed by atoms with Crippen LogP contribution >= 0.6 is 11.6 Å². The van der Waals surface area contributed by atoms with E-state index in [0.29, 0.717) is 34.6 Å². The number of benzene rings is 1. The molecule has 0 saturated carbocycles. The Labute approximate surface area is 168 Å². The zero-order valence-electron chi connectivity index (χ0n) is 15.7. The van der Waals surface area contributed by atoms with Gasteiger partial charge in [-0.2, -0.15) is 5.10 Å². The van der Waals surface area contributed by atoms with Gasteiger partial charge in [-0.15, -0.1) is 0 Å². The second-order valence-electron chi connectivity index (χ2n) is 7.30. The van der Waals surface area contributed by atoms with Crippen molar-refractivity contribution in [1.29, 1.82) is 0 Å². The summed E-state index contributed by atoms with van der Waals surface area (Å²) < 4.78 is 7.26. The van der Waals surface area contributed by atoms with E-state index in [-0.39, 0.29) is 11.9 Å². The van der Waals surface area contributed by atoms with Gasteiger partial charge in [-0.05, 0) is 56.0 Å². The monoisotopic (exact) mass is 398 g/mol. The Morgan fingerprint density at radius 3 is 2.89 bits per heavy atom. The minimum atomic E-state index is -0.0843. The first-order valence-corrected chi connectivity index (χ1v) is 9.85. The number of likely N-dealkylation sites (tertiary alicyclic amines) is 1. The molecule has 2 N–H and O–H groups in total. The van der Waals surface area contributed by atoms with Gasteiger partial charge >= 0.3 is 0 Å². The lowest BCUT2D eigenvalue weighted by atomic mass is 9.92. The largest absolute Gasteiger partial charge is 0.463 e. The summed E-state index contributed by atoms with van der Waals surface area (Å²) in [6, 6.07) is 12.9. The molecule has 1 amide bonds. The summed E-state index contributed by atoms with van der Waals surface area (Å²) in [6.45, 7) is 3.39. The van der Waals surface area contributed by atoms with Gasteiger partial charge in [0.2, 0.25) is 0 Å². The highest BCUT2D eigenvalue weighted by Gasteiger charge is 2.29. The standard InChI is InChI=1S/C21H23ClN4O2/c1-14(23)15-5-3-9-25(13-15)21(27)18-12-19(20-8-4-10-28-20)26(24-18)17-7-2-6-16(22)11-17/h2,4,6-8,10-12,14-15H,3,5,9,13,23H2,1H3. The zero-order chi connectivity index (χ0) is 19.7. The molecule has 6 nitrogen and oxygen atoms in total. The maximum atomic E-state index is 13.2. The molecule has 0 bridgehead atoms. The highest BCUT2D eigenvalue weighted by molar-refractivity contribution is 6.30. The first-order valence-electron chi connectivity index (χ1n) is 9.47. The van der Waals surface area contributed by atoms with E-state index >= 15 is 0 Å². The summed E-state index contributed by atoms with van der Waals surface area (Å²) >= 11 is 6.16. The fraction of sp³-hybridized carbons (Fsp3) is 0.333. The summed E-state index contributed by atoms with van der Waals surface area (Å²) in [4.78, 5) is 15.0. The highest BCUT2D eigenvalue weighted by atomic mass is 35.5. The molecule has 3 aromatic rings. The molecular formula is C21H23ClN4O2. The number of hydrogen-bond donors (Lipinski definition) is 1. The molecule has 1 fully saturated rings. The molecule has 7 heteroatoms. The van der Waals surface area contributed by atoms with Crippen LogP contribution in [0.15, 0.2) is 53.1 Å². The molecule has 4 rings (SSSR count). The van der Waals surface area contributed by atoms with Crippen LogP contribution in [0, 0.1) is 5.92 Å². The van der Waals surface area contributed by atoms with E-state index in [1.54, 1.807) is 23.1 Å². The predicted octanol–water partition coefficient (Wildman–Crippen LogP) is 3.99. The third kappa shape index (κ3) is 3.70. The Balaban J connectivity index is 1.70. The van der Waals surface area contributed by atoms with Crippen molar-refractivity contribution in [3.63, 3.8) is 0 Å². The van der Waals surface area contributed by atoms with Crippen LogP contribution in [0.5, 0.6) is 0 Å². The lowest BCUT2D eigenvalue weighted by Crippen LogP contribution is -2.45. The van der Waals surface area contributed by atoms with E-state index in [0.717, 1.165) is 25.1 Å². The molecule has 2 atom stereocenters. The van der Waals surface area contributed by atoms with Gasteiger partial charge in [0.25, 0.3) is 5.91 Å². The second-order valence-corrected chi connectivity index (χ2v) is 7.73. The van der Waals surface area contributed by atoms with Crippen molar-refractivity contribution in [2.75, 3.05) is 13.1 Å². The van der Waals surface area contributed by atoms with E-state index in [1.165, 1.54) is 0 Å². The molecule has 28 heavy (non-hydrogen) atoms. The van der Waals surface area contributed by atoms with E-state index in [4.69, 9.17) is 21.8 Å². The van der Waals surface area contributed by atoms with Crippen LogP contribution in [0.2, 0.25) is 5.02 Å². The van der Waals surface area contributed by atoms with E-state index < -0.39 is 0 Å². The summed E-state index contributed by atoms with van der Waals surface area (Å²) in [5.74, 6) is 0.870. The van der Waals surface area contributed by atoms with Crippen LogP contribution in [-0.4, -0.2) is 39.7 Å². The fourth-order valence-corrected chi connectivity index (χ4v) is 3.86. The normalized spacial score (nSPS) is 18.2. The maximum absolute atomic E-state index is 13.2. The van der Waals surface area contributed by atoms with Gasteiger partial charge in [-0.1, -0.05) is 17.7 Å². The molecule has 0 spiro atoms. The molecule has 1 aromatic carbocycles. The quantitative estimate of drug-likeness (QED) is 0.720.